The van der Waals surface area contributed by atoms with Gasteiger partial charge in [-0.25, -0.2) is 4.79 Å². The van der Waals surface area contributed by atoms with Gasteiger partial charge in [-0.2, -0.15) is 13.2 Å². The molecule has 1 aromatic heterocycles. The van der Waals surface area contributed by atoms with E-state index in [4.69, 9.17) is 25.1 Å². The maximum atomic E-state index is 12.9. The fraction of sp³-hybridized carbons (Fsp3) is 0.536. The van der Waals surface area contributed by atoms with Gasteiger partial charge >= 0.3 is 12.1 Å². The molecule has 12 heteroatoms. The number of para-hydroxylation sites is 1. The summed E-state index contributed by atoms with van der Waals surface area (Å²) >= 11 is 0. The summed E-state index contributed by atoms with van der Waals surface area (Å²) in [6, 6.07) is 7.94. The van der Waals surface area contributed by atoms with Gasteiger partial charge in [-0.3, -0.25) is 14.7 Å². The highest BCUT2D eigenvalue weighted by molar-refractivity contribution is 5.98. The zero-order chi connectivity index (χ0) is 29.1. The van der Waals surface area contributed by atoms with Crippen molar-refractivity contribution in [3.05, 3.63) is 47.8 Å². The number of carbonyl (C=O) groups is 2. The highest BCUT2D eigenvalue weighted by atomic mass is 19.4. The van der Waals surface area contributed by atoms with Crippen LogP contribution in [0.25, 0.3) is 0 Å². The molecule has 0 unspecified atom stereocenters. The number of rotatable bonds is 3. The molecule has 1 spiro atoms. The topological polar surface area (TPSA) is 118 Å². The number of piperidine rings is 2. The molecule has 5 rings (SSSR count). The number of amides is 1. The van der Waals surface area contributed by atoms with Crippen LogP contribution in [0.2, 0.25) is 0 Å². The number of nitrogen functional groups attached to an aromatic ring is 1. The van der Waals surface area contributed by atoms with Crippen LogP contribution >= 0.6 is 0 Å². The fourth-order valence-electron chi connectivity index (χ4n) is 5.39. The van der Waals surface area contributed by atoms with Crippen molar-refractivity contribution in [2.45, 2.75) is 57.9 Å². The predicted octanol–water partition coefficient (Wildman–Crippen LogP) is 4.37. The Kier molecular flexibility index (Phi) is 8.48. The Morgan fingerprint density at radius 2 is 1.70 bits per heavy atom. The molecule has 0 aliphatic carbocycles. The summed E-state index contributed by atoms with van der Waals surface area (Å²) in [4.78, 5) is 30.3. The smallest absolute Gasteiger partial charge is 0.485 e. The number of hydrogen-bond donors (Lipinski definition) is 2. The predicted molar refractivity (Wildman–Crippen MR) is 141 cm³/mol. The molecule has 9 nitrogen and oxygen atoms in total. The summed E-state index contributed by atoms with van der Waals surface area (Å²) in [5.41, 5.74) is 8.25. The Hall–Kier alpha value is -3.54. The van der Waals surface area contributed by atoms with Crippen LogP contribution in [0.15, 0.2) is 36.7 Å². The van der Waals surface area contributed by atoms with E-state index in [-0.39, 0.29) is 11.5 Å². The molecule has 2 fully saturated rings. The number of anilines is 1. The van der Waals surface area contributed by atoms with Crippen LogP contribution in [0.4, 0.5) is 18.9 Å². The average Bonchev–Trinajstić information content (AvgIpc) is 2.90. The van der Waals surface area contributed by atoms with E-state index in [1.54, 1.807) is 18.5 Å². The Bertz CT molecular complexity index is 1220. The van der Waals surface area contributed by atoms with E-state index in [9.17, 15) is 18.0 Å². The van der Waals surface area contributed by atoms with Crippen molar-refractivity contribution in [1.29, 1.82) is 0 Å². The number of carboxylic acid groups (broad SMARTS) is 1. The second kappa shape index (κ2) is 11.5. The van der Waals surface area contributed by atoms with Crippen molar-refractivity contribution >= 4 is 17.6 Å². The number of alkyl halides is 3. The molecule has 0 radical (unpaired) electrons. The van der Waals surface area contributed by atoms with Crippen LogP contribution in [-0.2, 0) is 11.3 Å². The van der Waals surface area contributed by atoms with Gasteiger partial charge in [0.25, 0.3) is 5.91 Å². The number of aromatic nitrogens is 1. The van der Waals surface area contributed by atoms with Crippen LogP contribution in [0.1, 0.15) is 55.5 Å². The molecule has 3 aliphatic rings. The van der Waals surface area contributed by atoms with Gasteiger partial charge in [0.15, 0.2) is 11.5 Å². The average molecular weight is 565 g/mol. The second-order valence-corrected chi connectivity index (χ2v) is 11.2. The Balaban J connectivity index is 0.000000470. The van der Waals surface area contributed by atoms with E-state index in [1.165, 1.54) is 18.4 Å². The van der Waals surface area contributed by atoms with Gasteiger partial charge < -0.3 is 25.2 Å². The normalized spacial score (nSPS) is 19.9. The molecular formula is C28H35F3N4O5. The first-order valence-corrected chi connectivity index (χ1v) is 13.2. The van der Waals surface area contributed by atoms with Gasteiger partial charge in [0.1, 0.15) is 12.2 Å². The van der Waals surface area contributed by atoms with E-state index in [0.717, 1.165) is 57.1 Å². The molecule has 0 atom stereocenters. The van der Waals surface area contributed by atoms with E-state index >= 15 is 0 Å². The Morgan fingerprint density at radius 1 is 1.07 bits per heavy atom. The van der Waals surface area contributed by atoms with E-state index < -0.39 is 12.1 Å². The number of nitrogens with two attached hydrogens (primary N) is 1. The quantitative estimate of drug-likeness (QED) is 0.565. The summed E-state index contributed by atoms with van der Waals surface area (Å²) in [7, 11) is 0. The van der Waals surface area contributed by atoms with Gasteiger partial charge in [0, 0.05) is 31.4 Å². The number of ether oxygens (including phenoxy) is 2. The number of benzene rings is 1. The summed E-state index contributed by atoms with van der Waals surface area (Å²) in [5.74, 6) is -0.975. The molecule has 3 aliphatic heterocycles. The molecule has 0 bridgehead atoms. The molecule has 2 aromatic rings. The van der Waals surface area contributed by atoms with Gasteiger partial charge in [-0.15, -0.1) is 0 Å². The van der Waals surface area contributed by atoms with Gasteiger partial charge in [0.05, 0.1) is 17.4 Å². The third kappa shape index (κ3) is 6.96. The van der Waals surface area contributed by atoms with Crippen LogP contribution in [0.5, 0.6) is 11.5 Å². The van der Waals surface area contributed by atoms with Crippen molar-refractivity contribution in [2.75, 3.05) is 38.5 Å². The molecule has 0 saturated carbocycles. The van der Waals surface area contributed by atoms with Gasteiger partial charge in [-0.1, -0.05) is 12.1 Å². The van der Waals surface area contributed by atoms with E-state index in [1.807, 2.05) is 11.0 Å². The maximum absolute atomic E-state index is 12.9. The minimum absolute atomic E-state index is 0.0291. The minimum atomic E-state index is -5.08. The van der Waals surface area contributed by atoms with Crippen molar-refractivity contribution in [2.24, 2.45) is 5.41 Å². The second-order valence-electron chi connectivity index (χ2n) is 11.2. The number of carboxylic acids is 1. The number of hydrogen-bond acceptors (Lipinski definition) is 7. The molecule has 218 valence electrons. The van der Waals surface area contributed by atoms with E-state index in [0.29, 0.717) is 23.3 Å². The molecule has 2 saturated heterocycles. The summed E-state index contributed by atoms with van der Waals surface area (Å²) in [6.07, 6.45) is 2.56. The minimum Gasteiger partial charge on any atom is -0.485 e. The van der Waals surface area contributed by atoms with Crippen molar-refractivity contribution in [1.82, 2.24) is 14.8 Å². The maximum Gasteiger partial charge on any atom is 0.490 e. The van der Waals surface area contributed by atoms with Crippen LogP contribution in [0, 0.1) is 5.41 Å². The monoisotopic (exact) mass is 564 g/mol. The Morgan fingerprint density at radius 3 is 2.30 bits per heavy atom. The van der Waals surface area contributed by atoms with Crippen LogP contribution < -0.4 is 15.2 Å². The van der Waals surface area contributed by atoms with Crippen LogP contribution in [0.3, 0.4) is 0 Å². The molecular weight excluding hydrogens is 529 g/mol. The third-order valence-electron chi connectivity index (χ3n) is 7.76. The SMILES string of the molecule is CC1(C)COc2c(CN3CCC4(CC3)CCN(C(=O)c3ccncc3N)CC4)cccc2O1.O=C(O)C(F)(F)F. The first-order valence-electron chi connectivity index (χ1n) is 13.2. The van der Waals surface area contributed by atoms with Gasteiger partial charge in [-0.05, 0) is 70.2 Å². The zero-order valence-corrected chi connectivity index (χ0v) is 22.7. The lowest BCUT2D eigenvalue weighted by Crippen LogP contribution is -2.48. The summed E-state index contributed by atoms with van der Waals surface area (Å²) in [6.45, 7) is 9.30. The van der Waals surface area contributed by atoms with Crippen LogP contribution in [-0.4, -0.2) is 76.3 Å². The number of nitrogens with zero attached hydrogens (tertiary/aromatic N) is 3. The zero-order valence-electron chi connectivity index (χ0n) is 22.7. The number of halogens is 3. The van der Waals surface area contributed by atoms with Gasteiger partial charge in [0.2, 0.25) is 0 Å². The number of aliphatic carboxylic acids is 1. The highest BCUT2D eigenvalue weighted by Gasteiger charge is 2.40. The molecule has 1 amide bonds. The number of fused-ring (bicyclic) bond motifs is 1. The largest absolute Gasteiger partial charge is 0.490 e. The molecule has 3 N–H and O–H groups in total. The molecule has 40 heavy (non-hydrogen) atoms. The first-order chi connectivity index (χ1) is 18.8. The highest BCUT2D eigenvalue weighted by Crippen LogP contribution is 2.43. The summed E-state index contributed by atoms with van der Waals surface area (Å²) in [5, 5.41) is 7.12. The lowest BCUT2D eigenvalue weighted by molar-refractivity contribution is -0.192. The number of likely N-dealkylation sites (tertiary alicyclic amines) is 2. The summed E-state index contributed by atoms with van der Waals surface area (Å²) < 4.78 is 44.0. The van der Waals surface area contributed by atoms with Crippen molar-refractivity contribution < 1.29 is 37.3 Å². The third-order valence-corrected chi connectivity index (χ3v) is 7.76. The van der Waals surface area contributed by atoms with Crippen molar-refractivity contribution in [3.63, 3.8) is 0 Å². The lowest BCUT2D eigenvalue weighted by Gasteiger charge is -2.47. The van der Waals surface area contributed by atoms with Crippen molar-refractivity contribution in [3.8, 4) is 11.5 Å². The fourth-order valence-corrected chi connectivity index (χ4v) is 5.39. The first kappa shape index (κ1) is 29.4. The standard InChI is InChI=1S/C26H34N4O3.C2HF3O2/c1-25(2)18-32-23-19(4-3-5-22(23)33-25)17-29-12-7-26(8-13-29)9-14-30(15-10-26)24(31)20-6-11-28-16-21(20)27;3-2(4,5)1(6)7/h3-6,11,16H,7-10,12-15,17-18,27H2,1-2H3;(H,6,7). The lowest BCUT2D eigenvalue weighted by atomic mass is 9.71. The number of carbonyl (C=O) groups excluding carboxylic acids is 1. The van der Waals surface area contributed by atoms with E-state index in [2.05, 4.69) is 35.9 Å². The number of pyridine rings is 1. The molecule has 1 aromatic carbocycles. The molecule has 4 heterocycles. The Labute approximate surface area is 231 Å².